The zero-order chi connectivity index (χ0) is 18.1. The summed E-state index contributed by atoms with van der Waals surface area (Å²) in [6.45, 7) is 2.97. The fraction of sp³-hybridized carbons (Fsp3) is 0.200. The molecule has 1 aromatic carbocycles. The van der Waals surface area contributed by atoms with Crippen LogP contribution in [-0.2, 0) is 6.54 Å². The van der Waals surface area contributed by atoms with E-state index < -0.39 is 0 Å². The second-order valence-corrected chi connectivity index (χ2v) is 6.58. The summed E-state index contributed by atoms with van der Waals surface area (Å²) in [7, 11) is 0. The summed E-state index contributed by atoms with van der Waals surface area (Å²) in [5.41, 5.74) is 2.92. The second kappa shape index (κ2) is 6.88. The van der Waals surface area contributed by atoms with Gasteiger partial charge >= 0.3 is 0 Å². The van der Waals surface area contributed by atoms with Crippen LogP contribution in [0.4, 0.5) is 10.1 Å². The first-order valence-electron chi connectivity index (χ1n) is 8.60. The first-order chi connectivity index (χ1) is 12.7. The molecule has 0 radical (unpaired) electrons. The van der Waals surface area contributed by atoms with Gasteiger partial charge < -0.3 is 14.8 Å². The maximum Gasteiger partial charge on any atom is 0.174 e. The molecule has 1 aliphatic rings. The molecule has 1 aliphatic heterocycles. The standard InChI is InChI=1S/C20H19FN4S/c1-2-24-13-5-7-17(24)19-18(16-6-3-4-12-22-16)23-20(26)25(19)15-10-8-14(21)9-11-15/h3-13,18-19H,2H2,1H3,(H,23,26)/t18-,19-/m0/s1. The third-order valence-corrected chi connectivity index (χ3v) is 5.03. The van der Waals surface area contributed by atoms with E-state index in [-0.39, 0.29) is 17.9 Å². The van der Waals surface area contributed by atoms with Crippen LogP contribution in [0.15, 0.2) is 67.0 Å². The Morgan fingerprint density at radius 3 is 2.62 bits per heavy atom. The average Bonchev–Trinajstić information content (AvgIpc) is 3.27. The van der Waals surface area contributed by atoms with Crippen LogP contribution in [-0.4, -0.2) is 14.7 Å². The van der Waals surface area contributed by atoms with E-state index >= 15 is 0 Å². The number of hydrogen-bond acceptors (Lipinski definition) is 2. The van der Waals surface area contributed by atoms with E-state index in [0.717, 1.165) is 23.6 Å². The van der Waals surface area contributed by atoms with Gasteiger partial charge in [0.25, 0.3) is 0 Å². The molecule has 4 rings (SSSR count). The zero-order valence-electron chi connectivity index (χ0n) is 14.3. The molecule has 1 N–H and O–H groups in total. The van der Waals surface area contributed by atoms with Gasteiger partial charge in [-0.15, -0.1) is 0 Å². The van der Waals surface area contributed by atoms with Crippen LogP contribution < -0.4 is 10.2 Å². The number of thiocarbonyl (C=S) groups is 1. The molecular formula is C20H19FN4S. The minimum atomic E-state index is -0.262. The number of aryl methyl sites for hydroxylation is 1. The summed E-state index contributed by atoms with van der Waals surface area (Å²) in [5.74, 6) is -0.262. The van der Waals surface area contributed by atoms with Gasteiger partial charge in [0.1, 0.15) is 11.9 Å². The molecular weight excluding hydrogens is 347 g/mol. The van der Waals surface area contributed by atoms with Crippen molar-refractivity contribution >= 4 is 23.0 Å². The van der Waals surface area contributed by atoms with Gasteiger partial charge in [-0.25, -0.2) is 4.39 Å². The molecule has 3 aromatic rings. The SMILES string of the molecule is CCn1cccc1[C@H]1[C@H](c2ccccn2)NC(=S)N1c1ccc(F)cc1. The lowest BCUT2D eigenvalue weighted by molar-refractivity contribution is 0.529. The maximum absolute atomic E-state index is 13.4. The van der Waals surface area contributed by atoms with Gasteiger partial charge in [0, 0.05) is 30.3 Å². The van der Waals surface area contributed by atoms with Gasteiger partial charge in [0.05, 0.1) is 11.7 Å². The lowest BCUT2D eigenvalue weighted by atomic mass is 10.0. The van der Waals surface area contributed by atoms with Crippen molar-refractivity contribution in [1.82, 2.24) is 14.9 Å². The minimum Gasteiger partial charge on any atom is -0.351 e. The molecule has 0 saturated carbocycles. The van der Waals surface area contributed by atoms with E-state index in [1.807, 2.05) is 24.3 Å². The summed E-state index contributed by atoms with van der Waals surface area (Å²) in [6.07, 6.45) is 3.85. The Bertz CT molecular complexity index is 907. The number of hydrogen-bond donors (Lipinski definition) is 1. The van der Waals surface area contributed by atoms with Crippen LogP contribution in [0.2, 0.25) is 0 Å². The van der Waals surface area contributed by atoms with Crippen LogP contribution in [0.25, 0.3) is 0 Å². The van der Waals surface area contributed by atoms with Crippen molar-refractivity contribution in [3.8, 4) is 0 Å². The zero-order valence-corrected chi connectivity index (χ0v) is 15.2. The average molecular weight is 366 g/mol. The molecule has 26 heavy (non-hydrogen) atoms. The monoisotopic (exact) mass is 366 g/mol. The van der Waals surface area contributed by atoms with E-state index in [1.54, 1.807) is 18.3 Å². The molecule has 2 aromatic heterocycles. The molecule has 0 aliphatic carbocycles. The van der Waals surface area contributed by atoms with E-state index in [9.17, 15) is 4.39 Å². The quantitative estimate of drug-likeness (QED) is 0.701. The van der Waals surface area contributed by atoms with Crippen LogP contribution in [0, 0.1) is 5.82 Å². The third kappa shape index (κ3) is 2.86. The molecule has 0 amide bonds. The lowest BCUT2D eigenvalue weighted by Gasteiger charge is -2.28. The molecule has 0 bridgehead atoms. The Labute approximate surface area is 157 Å². The largest absolute Gasteiger partial charge is 0.351 e. The van der Waals surface area contributed by atoms with Gasteiger partial charge in [0.2, 0.25) is 0 Å². The van der Waals surface area contributed by atoms with Crippen molar-refractivity contribution in [2.24, 2.45) is 0 Å². The number of benzene rings is 1. The lowest BCUT2D eigenvalue weighted by Crippen LogP contribution is -2.30. The van der Waals surface area contributed by atoms with Gasteiger partial charge in [-0.3, -0.25) is 4.98 Å². The van der Waals surface area contributed by atoms with Gasteiger partial charge in [0.15, 0.2) is 5.11 Å². The van der Waals surface area contributed by atoms with Crippen LogP contribution in [0.3, 0.4) is 0 Å². The van der Waals surface area contributed by atoms with Crippen molar-refractivity contribution in [3.05, 3.63) is 84.2 Å². The smallest absolute Gasteiger partial charge is 0.174 e. The summed E-state index contributed by atoms with van der Waals surface area (Å²) >= 11 is 5.65. The van der Waals surface area contributed by atoms with Crippen molar-refractivity contribution in [2.75, 3.05) is 4.90 Å². The number of pyridine rings is 1. The van der Waals surface area contributed by atoms with Gasteiger partial charge in [-0.1, -0.05) is 6.07 Å². The second-order valence-electron chi connectivity index (χ2n) is 6.19. The minimum absolute atomic E-state index is 0.0715. The highest BCUT2D eigenvalue weighted by Crippen LogP contribution is 2.41. The molecule has 132 valence electrons. The Morgan fingerprint density at radius 1 is 1.12 bits per heavy atom. The third-order valence-electron chi connectivity index (χ3n) is 4.71. The number of nitrogens with zero attached hydrogens (tertiary/aromatic N) is 3. The fourth-order valence-corrected chi connectivity index (χ4v) is 3.86. The van der Waals surface area contributed by atoms with E-state index in [1.165, 1.54) is 12.1 Å². The predicted molar refractivity (Wildman–Crippen MR) is 104 cm³/mol. The van der Waals surface area contributed by atoms with Crippen molar-refractivity contribution in [3.63, 3.8) is 0 Å². The Kier molecular flexibility index (Phi) is 4.42. The highest BCUT2D eigenvalue weighted by atomic mass is 32.1. The van der Waals surface area contributed by atoms with E-state index in [0.29, 0.717) is 5.11 Å². The number of halogens is 1. The number of rotatable bonds is 4. The Morgan fingerprint density at radius 2 is 1.92 bits per heavy atom. The Balaban J connectivity index is 1.84. The van der Waals surface area contributed by atoms with E-state index in [2.05, 4.69) is 39.0 Å². The molecule has 6 heteroatoms. The van der Waals surface area contributed by atoms with Crippen LogP contribution in [0.5, 0.6) is 0 Å². The highest BCUT2D eigenvalue weighted by Gasteiger charge is 2.41. The molecule has 1 fully saturated rings. The van der Waals surface area contributed by atoms with Gasteiger partial charge in [-0.05, 0) is 67.7 Å². The van der Waals surface area contributed by atoms with Crippen molar-refractivity contribution in [1.29, 1.82) is 0 Å². The highest BCUT2D eigenvalue weighted by molar-refractivity contribution is 7.80. The first-order valence-corrected chi connectivity index (χ1v) is 9.01. The molecule has 1 saturated heterocycles. The molecule has 3 heterocycles. The van der Waals surface area contributed by atoms with Gasteiger partial charge in [-0.2, -0.15) is 0 Å². The molecule has 0 spiro atoms. The number of anilines is 1. The number of nitrogens with one attached hydrogen (secondary N) is 1. The van der Waals surface area contributed by atoms with Crippen LogP contribution in [0.1, 0.15) is 30.4 Å². The molecule has 0 unspecified atom stereocenters. The Hall–Kier alpha value is -2.73. The summed E-state index contributed by atoms with van der Waals surface area (Å²) in [5, 5.41) is 4.02. The molecule has 2 atom stereocenters. The summed E-state index contributed by atoms with van der Waals surface area (Å²) in [6, 6.07) is 16.3. The summed E-state index contributed by atoms with van der Waals surface area (Å²) < 4.78 is 15.6. The summed E-state index contributed by atoms with van der Waals surface area (Å²) in [4.78, 5) is 6.59. The fourth-order valence-electron chi connectivity index (χ4n) is 3.52. The first kappa shape index (κ1) is 16.7. The maximum atomic E-state index is 13.4. The van der Waals surface area contributed by atoms with Crippen molar-refractivity contribution < 1.29 is 4.39 Å². The molecule has 4 nitrogen and oxygen atoms in total. The normalized spacial score (nSPS) is 19.6. The van der Waals surface area contributed by atoms with E-state index in [4.69, 9.17) is 12.2 Å². The number of aromatic nitrogens is 2. The van der Waals surface area contributed by atoms with Crippen molar-refractivity contribution in [2.45, 2.75) is 25.6 Å². The predicted octanol–water partition coefficient (Wildman–Crippen LogP) is 4.22. The van der Waals surface area contributed by atoms with Crippen LogP contribution >= 0.6 is 12.2 Å². The topological polar surface area (TPSA) is 33.1 Å².